The average molecular weight is 437 g/mol. The predicted molar refractivity (Wildman–Crippen MR) is 123 cm³/mol. The number of aryl methyl sites for hydroxylation is 4. The molecule has 2 aromatic carbocycles. The van der Waals surface area contributed by atoms with Gasteiger partial charge in [-0.15, -0.1) is 10.2 Å². The van der Waals surface area contributed by atoms with Gasteiger partial charge in [0.25, 0.3) is 0 Å². The summed E-state index contributed by atoms with van der Waals surface area (Å²) in [5.74, 6) is 1.38. The lowest BCUT2D eigenvalue weighted by molar-refractivity contribution is -0.132. The average Bonchev–Trinajstić information content (AvgIpc) is 3.22. The number of rotatable bonds is 7. The molecule has 162 valence electrons. The quantitative estimate of drug-likeness (QED) is 0.530. The summed E-state index contributed by atoms with van der Waals surface area (Å²) in [6.07, 6.45) is 1.67. The van der Waals surface area contributed by atoms with Crippen LogP contribution in [-0.2, 0) is 22.4 Å². The molecule has 0 unspecified atom stereocenters. The van der Waals surface area contributed by atoms with Crippen molar-refractivity contribution in [1.29, 1.82) is 0 Å². The summed E-state index contributed by atoms with van der Waals surface area (Å²) in [7, 11) is 0. The zero-order valence-corrected chi connectivity index (χ0v) is 18.9. The van der Waals surface area contributed by atoms with Crippen molar-refractivity contribution in [3.8, 4) is 5.69 Å². The number of hydrogen-bond acceptors (Lipinski definition) is 5. The first kappa shape index (κ1) is 21.6. The summed E-state index contributed by atoms with van der Waals surface area (Å²) in [4.78, 5) is 14.5. The zero-order valence-electron chi connectivity index (χ0n) is 18.1. The molecule has 0 spiro atoms. The molecule has 0 radical (unpaired) electrons. The highest BCUT2D eigenvalue weighted by molar-refractivity contribution is 7.99. The number of nitrogens with zero attached hydrogens (tertiary/aromatic N) is 4. The maximum Gasteiger partial charge on any atom is 0.233 e. The van der Waals surface area contributed by atoms with Crippen LogP contribution < -0.4 is 0 Å². The van der Waals surface area contributed by atoms with Crippen LogP contribution in [0.25, 0.3) is 5.69 Å². The van der Waals surface area contributed by atoms with Crippen molar-refractivity contribution in [2.24, 2.45) is 0 Å². The van der Waals surface area contributed by atoms with Crippen molar-refractivity contribution in [3.63, 3.8) is 0 Å². The van der Waals surface area contributed by atoms with Crippen molar-refractivity contribution in [1.82, 2.24) is 19.7 Å². The number of amides is 1. The number of benzene rings is 2. The molecule has 0 bridgehead atoms. The zero-order chi connectivity index (χ0) is 21.6. The van der Waals surface area contributed by atoms with Crippen molar-refractivity contribution >= 4 is 17.7 Å². The van der Waals surface area contributed by atoms with Gasteiger partial charge in [-0.25, -0.2) is 0 Å². The van der Waals surface area contributed by atoms with Crippen LogP contribution in [0.15, 0.2) is 53.7 Å². The summed E-state index contributed by atoms with van der Waals surface area (Å²) in [6, 6.07) is 16.8. The third kappa shape index (κ3) is 5.35. The highest BCUT2D eigenvalue weighted by Gasteiger charge is 2.20. The summed E-state index contributed by atoms with van der Waals surface area (Å²) in [6.45, 7) is 6.76. The lowest BCUT2D eigenvalue weighted by Gasteiger charge is -2.26. The second kappa shape index (κ2) is 10.1. The molecule has 1 fully saturated rings. The van der Waals surface area contributed by atoms with Gasteiger partial charge in [-0.2, -0.15) is 0 Å². The SMILES string of the molecule is Cc1ccc(-n2c(CCc3ccccc3)nnc2SCC(=O)N2CCOCC2)cc1C. The highest BCUT2D eigenvalue weighted by atomic mass is 32.2. The summed E-state index contributed by atoms with van der Waals surface area (Å²) < 4.78 is 7.45. The molecule has 7 heteroatoms. The molecule has 6 nitrogen and oxygen atoms in total. The fraction of sp³-hybridized carbons (Fsp3) is 0.375. The molecule has 0 N–H and O–H groups in total. The van der Waals surface area contributed by atoms with Crippen molar-refractivity contribution in [3.05, 3.63) is 71.0 Å². The van der Waals surface area contributed by atoms with Crippen molar-refractivity contribution in [2.45, 2.75) is 31.8 Å². The van der Waals surface area contributed by atoms with E-state index in [9.17, 15) is 4.79 Å². The van der Waals surface area contributed by atoms with Crippen molar-refractivity contribution < 1.29 is 9.53 Å². The number of morpholine rings is 1. The third-order valence-electron chi connectivity index (χ3n) is 5.62. The van der Waals surface area contributed by atoms with E-state index < -0.39 is 0 Å². The van der Waals surface area contributed by atoms with Gasteiger partial charge in [0, 0.05) is 25.2 Å². The molecular formula is C24H28N4O2S. The first-order valence-corrected chi connectivity index (χ1v) is 11.6. The first-order valence-electron chi connectivity index (χ1n) is 10.7. The highest BCUT2D eigenvalue weighted by Crippen LogP contribution is 2.25. The minimum Gasteiger partial charge on any atom is -0.378 e. The maximum absolute atomic E-state index is 12.6. The van der Waals surface area contributed by atoms with E-state index in [4.69, 9.17) is 4.74 Å². The van der Waals surface area contributed by atoms with Crippen LogP contribution in [0, 0.1) is 13.8 Å². The van der Waals surface area contributed by atoms with Crippen LogP contribution >= 0.6 is 11.8 Å². The monoisotopic (exact) mass is 436 g/mol. The number of carbonyl (C=O) groups excluding carboxylic acids is 1. The molecule has 31 heavy (non-hydrogen) atoms. The Morgan fingerprint density at radius 2 is 1.77 bits per heavy atom. The Morgan fingerprint density at radius 3 is 2.52 bits per heavy atom. The van der Waals surface area contributed by atoms with E-state index in [-0.39, 0.29) is 5.91 Å². The number of aromatic nitrogens is 3. The smallest absolute Gasteiger partial charge is 0.233 e. The van der Waals surface area contributed by atoms with E-state index in [1.54, 1.807) is 0 Å². The van der Waals surface area contributed by atoms with Crippen LogP contribution in [0.4, 0.5) is 0 Å². The van der Waals surface area contributed by atoms with Crippen LogP contribution in [0.1, 0.15) is 22.5 Å². The van der Waals surface area contributed by atoms with Gasteiger partial charge in [-0.1, -0.05) is 48.2 Å². The Kier molecular flexibility index (Phi) is 7.04. The van der Waals surface area contributed by atoms with E-state index in [0.29, 0.717) is 32.1 Å². The molecule has 1 amide bonds. The minimum atomic E-state index is 0.119. The minimum absolute atomic E-state index is 0.119. The van der Waals surface area contributed by atoms with Gasteiger partial charge in [-0.3, -0.25) is 9.36 Å². The van der Waals surface area contributed by atoms with Gasteiger partial charge < -0.3 is 9.64 Å². The Hall–Kier alpha value is -2.64. The largest absolute Gasteiger partial charge is 0.378 e. The number of ether oxygens (including phenoxy) is 1. The normalized spacial score (nSPS) is 14.1. The molecule has 1 saturated heterocycles. The first-order chi connectivity index (χ1) is 15.1. The number of hydrogen-bond donors (Lipinski definition) is 0. The molecule has 0 aliphatic carbocycles. The van der Waals surface area contributed by atoms with Gasteiger partial charge in [0.1, 0.15) is 5.82 Å². The molecule has 1 aliphatic rings. The Bertz CT molecular complexity index is 1030. The van der Waals surface area contributed by atoms with E-state index in [0.717, 1.165) is 29.5 Å². The fourth-order valence-electron chi connectivity index (χ4n) is 3.61. The molecule has 3 aromatic rings. The second-order valence-corrected chi connectivity index (χ2v) is 8.71. The number of carbonyl (C=O) groups is 1. The lowest BCUT2D eigenvalue weighted by atomic mass is 10.1. The Morgan fingerprint density at radius 1 is 1.00 bits per heavy atom. The van der Waals surface area contributed by atoms with Gasteiger partial charge in [0.2, 0.25) is 5.91 Å². The molecule has 2 heterocycles. The molecular weight excluding hydrogens is 408 g/mol. The standard InChI is InChI=1S/C24H28N4O2S/c1-18-8-10-21(16-19(18)2)28-22(11-9-20-6-4-3-5-7-20)25-26-24(28)31-17-23(29)27-12-14-30-15-13-27/h3-8,10,16H,9,11-15,17H2,1-2H3. The molecule has 0 saturated carbocycles. The predicted octanol–water partition coefficient (Wildman–Crippen LogP) is 3.62. The Balaban J connectivity index is 1.55. The van der Waals surface area contributed by atoms with E-state index >= 15 is 0 Å². The summed E-state index contributed by atoms with van der Waals surface area (Å²) in [5, 5.41) is 9.71. The fourth-order valence-corrected chi connectivity index (χ4v) is 4.48. The topological polar surface area (TPSA) is 60.2 Å². The van der Waals surface area contributed by atoms with Gasteiger partial charge >= 0.3 is 0 Å². The summed E-state index contributed by atoms with van der Waals surface area (Å²) >= 11 is 1.45. The molecule has 4 rings (SSSR count). The second-order valence-electron chi connectivity index (χ2n) is 7.77. The Labute approximate surface area is 187 Å². The van der Waals surface area contributed by atoms with Crippen LogP contribution in [0.2, 0.25) is 0 Å². The van der Waals surface area contributed by atoms with Gasteiger partial charge in [0.05, 0.1) is 19.0 Å². The van der Waals surface area contributed by atoms with Crippen LogP contribution in [0.3, 0.4) is 0 Å². The van der Waals surface area contributed by atoms with Crippen LogP contribution in [-0.4, -0.2) is 57.6 Å². The molecule has 1 aromatic heterocycles. The van der Waals surface area contributed by atoms with E-state index in [1.165, 1.54) is 28.5 Å². The third-order valence-corrected chi connectivity index (χ3v) is 6.53. The van der Waals surface area contributed by atoms with E-state index in [1.807, 2.05) is 11.0 Å². The van der Waals surface area contributed by atoms with E-state index in [2.05, 4.69) is 71.1 Å². The van der Waals surface area contributed by atoms with Crippen molar-refractivity contribution in [2.75, 3.05) is 32.1 Å². The van der Waals surface area contributed by atoms with Gasteiger partial charge in [0.15, 0.2) is 5.16 Å². The maximum atomic E-state index is 12.6. The van der Waals surface area contributed by atoms with Gasteiger partial charge in [-0.05, 0) is 49.1 Å². The summed E-state index contributed by atoms with van der Waals surface area (Å²) in [5.41, 5.74) is 4.78. The lowest BCUT2D eigenvalue weighted by Crippen LogP contribution is -2.41. The number of thioether (sulfide) groups is 1. The molecule has 1 aliphatic heterocycles. The molecule has 0 atom stereocenters. The van der Waals surface area contributed by atoms with Crippen LogP contribution in [0.5, 0.6) is 0 Å².